The van der Waals surface area contributed by atoms with Gasteiger partial charge in [0, 0.05) is 20.2 Å². The summed E-state index contributed by atoms with van der Waals surface area (Å²) < 4.78 is 32.9. The van der Waals surface area contributed by atoms with Gasteiger partial charge in [-0.15, -0.1) is 0 Å². The Morgan fingerprint density at radius 1 is 1.25 bits per heavy atom. The predicted molar refractivity (Wildman–Crippen MR) is 101 cm³/mol. The molecule has 1 rings (SSSR count). The molecule has 0 bridgehead atoms. The van der Waals surface area contributed by atoms with E-state index < -0.39 is 18.1 Å². The Kier molecular flexibility index (Phi) is 7.94. The summed E-state index contributed by atoms with van der Waals surface area (Å²) in [6.07, 6.45) is 2.76. The second-order valence-electron chi connectivity index (χ2n) is 8.36. The van der Waals surface area contributed by atoms with E-state index >= 15 is 0 Å². The lowest BCUT2D eigenvalue weighted by Gasteiger charge is -2.43. The third kappa shape index (κ3) is 6.48. The molecule has 0 spiro atoms. The van der Waals surface area contributed by atoms with E-state index in [2.05, 4.69) is 33.5 Å². The van der Waals surface area contributed by atoms with Gasteiger partial charge in [-0.05, 0) is 31.7 Å². The monoisotopic (exact) mass is 377 g/mol. The van der Waals surface area contributed by atoms with E-state index in [1.165, 1.54) is 0 Å². The first-order valence-corrected chi connectivity index (χ1v) is 14.5. The van der Waals surface area contributed by atoms with Crippen molar-refractivity contribution in [3.05, 3.63) is 0 Å². The van der Waals surface area contributed by atoms with Crippen molar-refractivity contribution in [2.24, 2.45) is 5.92 Å². The fraction of sp³-hybridized carbons (Fsp3) is 0.941. The van der Waals surface area contributed by atoms with E-state index in [4.69, 9.17) is 4.74 Å². The molecule has 24 heavy (non-hydrogen) atoms. The molecule has 0 aromatic rings. The van der Waals surface area contributed by atoms with Gasteiger partial charge in [0.2, 0.25) is 10.0 Å². The van der Waals surface area contributed by atoms with Gasteiger partial charge in [-0.25, -0.2) is 8.42 Å². The van der Waals surface area contributed by atoms with E-state index in [9.17, 15) is 13.2 Å². The van der Waals surface area contributed by atoms with Crippen molar-refractivity contribution in [1.82, 2.24) is 4.31 Å². The minimum atomic E-state index is -3.36. The molecule has 0 aromatic heterocycles. The highest BCUT2D eigenvalue weighted by Crippen LogP contribution is 2.33. The predicted octanol–water partition coefficient (Wildman–Crippen LogP) is 3.49. The van der Waals surface area contributed by atoms with Crippen LogP contribution in [0.25, 0.3) is 0 Å². The lowest BCUT2D eigenvalue weighted by molar-refractivity contribution is -0.144. The van der Waals surface area contributed by atoms with Gasteiger partial charge >= 0.3 is 5.97 Å². The molecule has 1 fully saturated rings. The summed E-state index contributed by atoms with van der Waals surface area (Å²) in [7, 11) is -4.80. The molecule has 0 N–H and O–H groups in total. The second-order valence-corrected chi connectivity index (χ2v) is 16.0. The second kappa shape index (κ2) is 8.81. The molecular weight excluding hydrogens is 342 g/mol. The summed E-state index contributed by atoms with van der Waals surface area (Å²) in [5.41, 5.74) is 0. The summed E-state index contributed by atoms with van der Waals surface area (Å²) in [5, 5.41) is 0. The Bertz CT molecular complexity index is 513. The fourth-order valence-corrected chi connectivity index (χ4v) is 8.38. The van der Waals surface area contributed by atoms with Crippen LogP contribution >= 0.6 is 0 Å². The number of hydrogen-bond donors (Lipinski definition) is 0. The van der Waals surface area contributed by atoms with Gasteiger partial charge in [-0.3, -0.25) is 4.79 Å². The zero-order valence-corrected chi connectivity index (χ0v) is 18.0. The molecule has 0 radical (unpaired) electrons. The Hall–Kier alpha value is -0.403. The van der Waals surface area contributed by atoms with Crippen molar-refractivity contribution >= 4 is 24.1 Å². The van der Waals surface area contributed by atoms with Crippen molar-refractivity contribution in [3.8, 4) is 0 Å². The smallest absolute Gasteiger partial charge is 0.307 e. The normalized spacial score (nSPS) is 23.5. The molecule has 5 nitrogen and oxygen atoms in total. The highest BCUT2D eigenvalue weighted by Gasteiger charge is 2.41. The standard InChI is InChI=1S/C17H35NO4SSi/c1-7-22-17(19)13-15-9-8-10-16(14(2)3)18(15)23(20,21)11-12-24(4,5)6/h14-16H,7-13H2,1-6H3/t15-,16+/m0/s1. The van der Waals surface area contributed by atoms with Crippen LogP contribution in [0, 0.1) is 5.92 Å². The summed E-state index contributed by atoms with van der Waals surface area (Å²) in [6.45, 7) is 12.8. The van der Waals surface area contributed by atoms with Gasteiger partial charge < -0.3 is 4.74 Å². The van der Waals surface area contributed by atoms with Gasteiger partial charge in [0.25, 0.3) is 0 Å². The quantitative estimate of drug-likeness (QED) is 0.480. The lowest BCUT2D eigenvalue weighted by Crippen LogP contribution is -2.53. The van der Waals surface area contributed by atoms with Crippen molar-refractivity contribution in [2.45, 2.75) is 84.2 Å². The fourth-order valence-electron chi connectivity index (χ4n) is 3.29. The van der Waals surface area contributed by atoms with Gasteiger partial charge in [-0.2, -0.15) is 4.31 Å². The SMILES string of the molecule is CCOC(=O)C[C@@H]1CCC[C@H](C(C)C)N1S(=O)(=O)CC[Si](C)(C)C. The van der Waals surface area contributed by atoms with Crippen LogP contribution in [0.3, 0.4) is 0 Å². The molecule has 7 heteroatoms. The molecule has 2 atom stereocenters. The molecule has 0 saturated carbocycles. The van der Waals surface area contributed by atoms with E-state index in [0.717, 1.165) is 25.3 Å². The maximum Gasteiger partial charge on any atom is 0.307 e. The van der Waals surface area contributed by atoms with Crippen LogP contribution in [0.15, 0.2) is 0 Å². The molecule has 142 valence electrons. The Labute approximate surface area is 149 Å². The van der Waals surface area contributed by atoms with Gasteiger partial charge in [0.05, 0.1) is 18.8 Å². The third-order valence-corrected chi connectivity index (χ3v) is 8.68. The average molecular weight is 378 g/mol. The first-order valence-electron chi connectivity index (χ1n) is 9.14. The first-order chi connectivity index (χ1) is 11.0. The number of hydrogen-bond acceptors (Lipinski definition) is 4. The average Bonchev–Trinajstić information content (AvgIpc) is 2.44. The van der Waals surface area contributed by atoms with E-state index in [1.54, 1.807) is 11.2 Å². The zero-order chi connectivity index (χ0) is 18.5. The van der Waals surface area contributed by atoms with Crippen molar-refractivity contribution in [2.75, 3.05) is 12.4 Å². The van der Waals surface area contributed by atoms with Crippen molar-refractivity contribution in [1.29, 1.82) is 0 Å². The van der Waals surface area contributed by atoms with E-state index in [1.807, 2.05) is 0 Å². The molecule has 0 unspecified atom stereocenters. The van der Waals surface area contributed by atoms with Crippen LogP contribution in [-0.4, -0.2) is 51.2 Å². The third-order valence-electron chi connectivity index (χ3n) is 4.63. The van der Waals surface area contributed by atoms with Crippen LogP contribution in [0.4, 0.5) is 0 Å². The molecular formula is C17H35NO4SSi. The molecule has 0 aromatic carbocycles. The van der Waals surface area contributed by atoms with Crippen LogP contribution < -0.4 is 0 Å². The zero-order valence-electron chi connectivity index (χ0n) is 16.2. The number of carbonyl (C=O) groups excluding carboxylic acids is 1. The Morgan fingerprint density at radius 2 is 1.88 bits per heavy atom. The molecule has 1 heterocycles. The highest BCUT2D eigenvalue weighted by molar-refractivity contribution is 7.89. The van der Waals surface area contributed by atoms with Crippen LogP contribution in [0.2, 0.25) is 25.7 Å². The largest absolute Gasteiger partial charge is 0.466 e. The molecule has 1 aliphatic heterocycles. The van der Waals surface area contributed by atoms with Gasteiger partial charge in [0.1, 0.15) is 0 Å². The van der Waals surface area contributed by atoms with Crippen LogP contribution in [-0.2, 0) is 19.6 Å². The Morgan fingerprint density at radius 3 is 2.38 bits per heavy atom. The number of sulfonamides is 1. The number of nitrogens with zero attached hydrogens (tertiary/aromatic N) is 1. The minimum absolute atomic E-state index is 0.00943. The van der Waals surface area contributed by atoms with Crippen LogP contribution in [0.1, 0.15) is 46.5 Å². The first kappa shape index (κ1) is 21.6. The van der Waals surface area contributed by atoms with Gasteiger partial charge in [-0.1, -0.05) is 39.9 Å². The Balaban J connectivity index is 3.02. The molecule has 1 aliphatic rings. The number of carbonyl (C=O) groups is 1. The maximum absolute atomic E-state index is 13.1. The number of piperidine rings is 1. The minimum Gasteiger partial charge on any atom is -0.466 e. The van der Waals surface area contributed by atoms with Crippen molar-refractivity contribution in [3.63, 3.8) is 0 Å². The molecule has 0 amide bonds. The number of rotatable bonds is 8. The maximum atomic E-state index is 13.1. The van der Waals surface area contributed by atoms with Crippen LogP contribution in [0.5, 0.6) is 0 Å². The van der Waals surface area contributed by atoms with Crippen molar-refractivity contribution < 1.29 is 17.9 Å². The summed E-state index contributed by atoms with van der Waals surface area (Å²) in [6, 6.07) is 0.490. The van der Waals surface area contributed by atoms with Gasteiger partial charge in [0.15, 0.2) is 0 Å². The number of esters is 1. The van der Waals surface area contributed by atoms with E-state index in [0.29, 0.717) is 6.61 Å². The molecule has 0 aliphatic carbocycles. The summed E-state index contributed by atoms with van der Waals surface area (Å²) >= 11 is 0. The highest BCUT2D eigenvalue weighted by atomic mass is 32.2. The lowest BCUT2D eigenvalue weighted by atomic mass is 9.90. The summed E-state index contributed by atoms with van der Waals surface area (Å²) in [4.78, 5) is 11.9. The molecule has 1 saturated heterocycles. The topological polar surface area (TPSA) is 63.7 Å². The number of ether oxygens (including phenoxy) is 1. The summed E-state index contributed by atoms with van der Waals surface area (Å²) in [5.74, 6) is 0.152. The van der Waals surface area contributed by atoms with E-state index in [-0.39, 0.29) is 36.1 Å².